The summed E-state index contributed by atoms with van der Waals surface area (Å²) in [5.41, 5.74) is 7.35. The molecule has 1 heteroatoms. The van der Waals surface area contributed by atoms with E-state index in [9.17, 15) is 0 Å². The minimum Gasteiger partial charge on any atom is -0.198 e. The standard InChI is InChI=1S/C11H13.C10H11.Y/c1-9-5-4-7-10-6-2-3-8-11(9)10;1-2-6-10-8-4-3-7-9(10)5-1;/h4-5,7H,1-3,6,8H2;1,5-6H,3-4,7-8H2;/q2*-1;. The summed E-state index contributed by atoms with van der Waals surface area (Å²) in [5.74, 6) is 0. The van der Waals surface area contributed by atoms with E-state index in [2.05, 4.69) is 43.3 Å². The van der Waals surface area contributed by atoms with Gasteiger partial charge in [-0.15, -0.1) is 17.2 Å². The first-order valence-electron chi connectivity index (χ1n) is 8.25. The molecule has 2 aromatic carbocycles. The number of fused-ring (bicyclic) bond motifs is 2. The van der Waals surface area contributed by atoms with Crippen molar-refractivity contribution in [1.29, 1.82) is 0 Å². The summed E-state index contributed by atoms with van der Waals surface area (Å²) in [6.07, 6.45) is 10.5. The van der Waals surface area contributed by atoms with Gasteiger partial charge in [-0.1, -0.05) is 51.0 Å². The molecule has 4 rings (SSSR count). The first kappa shape index (κ1) is 17.8. The van der Waals surface area contributed by atoms with Crippen LogP contribution in [0.15, 0.2) is 36.4 Å². The Morgan fingerprint density at radius 3 is 2.18 bits per heavy atom. The molecule has 1 radical (unpaired) electrons. The van der Waals surface area contributed by atoms with E-state index in [4.69, 9.17) is 0 Å². The van der Waals surface area contributed by atoms with Crippen LogP contribution in [0.4, 0.5) is 0 Å². The first-order valence-corrected chi connectivity index (χ1v) is 8.25. The van der Waals surface area contributed by atoms with E-state index in [0.29, 0.717) is 0 Å². The molecular weight excluding hydrogens is 341 g/mol. The van der Waals surface area contributed by atoms with Crippen LogP contribution in [-0.4, -0.2) is 0 Å². The van der Waals surface area contributed by atoms with Crippen molar-refractivity contribution in [2.75, 3.05) is 0 Å². The number of benzene rings is 2. The van der Waals surface area contributed by atoms with E-state index in [1.54, 1.807) is 5.56 Å². The zero-order valence-corrected chi connectivity index (χ0v) is 16.2. The average Bonchev–Trinajstić information content (AvgIpc) is 2.56. The summed E-state index contributed by atoms with van der Waals surface area (Å²) in [5, 5.41) is 0. The third kappa shape index (κ3) is 4.46. The molecule has 0 spiro atoms. The SMILES string of the molecule is [CH2-]c1cccc2c1CCCC2.[Y].[c-]1ccc2c(c1)CCCC2. The zero-order valence-electron chi connectivity index (χ0n) is 13.4. The number of aryl methyl sites for hydroxylation is 3. The van der Waals surface area contributed by atoms with Crippen LogP contribution in [0, 0.1) is 13.0 Å². The molecule has 0 saturated carbocycles. The fraction of sp³-hybridized carbons (Fsp3) is 0.381. The third-order valence-corrected chi connectivity index (χ3v) is 4.69. The Balaban J connectivity index is 0.000000154. The second-order valence-electron chi connectivity index (χ2n) is 6.16. The Morgan fingerprint density at radius 1 is 0.773 bits per heavy atom. The first-order chi connectivity index (χ1) is 10.3. The van der Waals surface area contributed by atoms with Crippen molar-refractivity contribution in [3.63, 3.8) is 0 Å². The van der Waals surface area contributed by atoms with Gasteiger partial charge in [0.25, 0.3) is 0 Å². The van der Waals surface area contributed by atoms with E-state index in [1.807, 2.05) is 6.07 Å². The number of hydrogen-bond donors (Lipinski definition) is 0. The second-order valence-corrected chi connectivity index (χ2v) is 6.16. The predicted molar refractivity (Wildman–Crippen MR) is 89.5 cm³/mol. The van der Waals surface area contributed by atoms with Crippen molar-refractivity contribution in [3.05, 3.63) is 77.2 Å². The molecule has 0 N–H and O–H groups in total. The van der Waals surface area contributed by atoms with Crippen LogP contribution in [0.2, 0.25) is 0 Å². The van der Waals surface area contributed by atoms with Gasteiger partial charge in [0.1, 0.15) is 0 Å². The number of rotatable bonds is 0. The molecule has 0 aromatic heterocycles. The van der Waals surface area contributed by atoms with Gasteiger partial charge in [0.05, 0.1) is 0 Å². The Labute approximate surface area is 160 Å². The Hall–Kier alpha value is -0.586. The van der Waals surface area contributed by atoms with Crippen molar-refractivity contribution in [3.8, 4) is 0 Å². The van der Waals surface area contributed by atoms with Gasteiger partial charge in [0, 0.05) is 32.7 Å². The molecule has 2 aromatic rings. The molecule has 0 unspecified atom stereocenters. The molecule has 0 bridgehead atoms. The van der Waals surface area contributed by atoms with Gasteiger partial charge < -0.3 is 0 Å². The van der Waals surface area contributed by atoms with Crippen LogP contribution in [0.3, 0.4) is 0 Å². The molecule has 113 valence electrons. The molecule has 2 aliphatic carbocycles. The molecule has 0 amide bonds. The van der Waals surface area contributed by atoms with Crippen LogP contribution in [-0.2, 0) is 58.4 Å². The van der Waals surface area contributed by atoms with Gasteiger partial charge >= 0.3 is 0 Å². The summed E-state index contributed by atoms with van der Waals surface area (Å²) in [7, 11) is 0. The topological polar surface area (TPSA) is 0 Å². The van der Waals surface area contributed by atoms with Gasteiger partial charge in [-0.2, -0.15) is 53.9 Å². The fourth-order valence-electron chi connectivity index (χ4n) is 3.47. The van der Waals surface area contributed by atoms with E-state index >= 15 is 0 Å². The summed E-state index contributed by atoms with van der Waals surface area (Å²) in [4.78, 5) is 0. The largest absolute Gasteiger partial charge is 0.198 e. The van der Waals surface area contributed by atoms with Crippen molar-refractivity contribution < 1.29 is 32.7 Å². The van der Waals surface area contributed by atoms with Crippen LogP contribution in [0.25, 0.3) is 0 Å². The second kappa shape index (κ2) is 8.89. The summed E-state index contributed by atoms with van der Waals surface area (Å²) in [6.45, 7) is 4.03. The summed E-state index contributed by atoms with van der Waals surface area (Å²) < 4.78 is 0. The maximum Gasteiger partial charge on any atom is 0 e. The van der Waals surface area contributed by atoms with Crippen molar-refractivity contribution >= 4 is 0 Å². The minimum atomic E-state index is 0. The quantitative estimate of drug-likeness (QED) is 0.569. The van der Waals surface area contributed by atoms with Crippen LogP contribution >= 0.6 is 0 Å². The van der Waals surface area contributed by atoms with E-state index in [0.717, 1.165) is 0 Å². The normalized spacial score (nSPS) is 15.5. The van der Waals surface area contributed by atoms with Crippen molar-refractivity contribution in [1.82, 2.24) is 0 Å². The maximum absolute atomic E-state index is 4.03. The molecular formula is C21H24Y-2. The predicted octanol–water partition coefficient (Wildman–Crippen LogP) is 5.11. The molecule has 0 atom stereocenters. The molecule has 0 aliphatic heterocycles. The van der Waals surface area contributed by atoms with Crippen molar-refractivity contribution in [2.24, 2.45) is 0 Å². The molecule has 2 aliphatic rings. The van der Waals surface area contributed by atoms with Crippen LogP contribution in [0.5, 0.6) is 0 Å². The minimum absolute atomic E-state index is 0. The van der Waals surface area contributed by atoms with E-state index in [1.165, 1.54) is 73.6 Å². The van der Waals surface area contributed by atoms with Gasteiger partial charge in [0.2, 0.25) is 0 Å². The smallest absolute Gasteiger partial charge is 0 e. The molecule has 0 nitrogen and oxygen atoms in total. The Kier molecular flexibility index (Phi) is 7.18. The van der Waals surface area contributed by atoms with Gasteiger partial charge in [0.15, 0.2) is 0 Å². The van der Waals surface area contributed by atoms with Crippen LogP contribution in [0.1, 0.15) is 53.5 Å². The van der Waals surface area contributed by atoms with Gasteiger partial charge in [-0.25, -0.2) is 0 Å². The Morgan fingerprint density at radius 2 is 1.45 bits per heavy atom. The third-order valence-electron chi connectivity index (χ3n) is 4.69. The average molecular weight is 365 g/mol. The maximum atomic E-state index is 4.03. The number of hydrogen-bond acceptors (Lipinski definition) is 0. The van der Waals surface area contributed by atoms with Crippen molar-refractivity contribution in [2.45, 2.75) is 51.4 Å². The monoisotopic (exact) mass is 365 g/mol. The van der Waals surface area contributed by atoms with E-state index in [-0.39, 0.29) is 32.7 Å². The molecule has 22 heavy (non-hydrogen) atoms. The van der Waals surface area contributed by atoms with E-state index < -0.39 is 0 Å². The molecule has 0 fully saturated rings. The fourth-order valence-corrected chi connectivity index (χ4v) is 3.47. The Bertz CT molecular complexity index is 576. The van der Waals surface area contributed by atoms with Crippen LogP contribution < -0.4 is 0 Å². The van der Waals surface area contributed by atoms with Gasteiger partial charge in [-0.3, -0.25) is 0 Å². The zero-order chi connectivity index (χ0) is 14.5. The van der Waals surface area contributed by atoms with Gasteiger partial charge in [-0.05, 0) is 6.42 Å². The molecule has 0 saturated heterocycles. The molecule has 0 heterocycles. The summed E-state index contributed by atoms with van der Waals surface area (Å²) in [6, 6.07) is 15.9. The summed E-state index contributed by atoms with van der Waals surface area (Å²) >= 11 is 0.